The maximum Gasteiger partial charge on any atom is 0.137 e. The van der Waals surface area contributed by atoms with Gasteiger partial charge in [-0.25, -0.2) is 4.98 Å². The number of nitrogens with zero attached hydrogens (tertiary/aromatic N) is 5. The van der Waals surface area contributed by atoms with Crippen molar-refractivity contribution in [2.45, 2.75) is 64.3 Å². The minimum absolute atomic E-state index is 0.551. The monoisotopic (exact) mass is 345 g/mol. The van der Waals surface area contributed by atoms with E-state index in [9.17, 15) is 0 Å². The molecule has 1 saturated heterocycles. The van der Waals surface area contributed by atoms with E-state index in [2.05, 4.69) is 37.0 Å². The summed E-state index contributed by atoms with van der Waals surface area (Å²) >= 11 is 1.76. The van der Waals surface area contributed by atoms with Crippen LogP contribution in [0.2, 0.25) is 0 Å². The van der Waals surface area contributed by atoms with Crippen LogP contribution < -0.4 is 0 Å². The average molecular weight is 346 g/mol. The number of hydrogen-bond acceptors (Lipinski definition) is 5. The van der Waals surface area contributed by atoms with Crippen LogP contribution in [0.4, 0.5) is 0 Å². The fraction of sp³-hybridized carbons (Fsp3) is 0.722. The van der Waals surface area contributed by atoms with Gasteiger partial charge in [-0.05, 0) is 39.2 Å². The molecule has 24 heavy (non-hydrogen) atoms. The van der Waals surface area contributed by atoms with Crippen LogP contribution in [0.3, 0.4) is 0 Å². The summed E-state index contributed by atoms with van der Waals surface area (Å²) in [5.41, 5.74) is 1.25. The number of piperidine rings is 1. The van der Waals surface area contributed by atoms with Gasteiger partial charge in [0.05, 0.1) is 10.7 Å². The van der Waals surface area contributed by atoms with Gasteiger partial charge in [0.15, 0.2) is 0 Å². The summed E-state index contributed by atoms with van der Waals surface area (Å²) in [5, 5.41) is 12.5. The molecule has 5 nitrogen and oxygen atoms in total. The van der Waals surface area contributed by atoms with Gasteiger partial charge in [-0.15, -0.1) is 21.5 Å². The molecule has 130 valence electrons. The Kier molecular flexibility index (Phi) is 4.94. The lowest BCUT2D eigenvalue weighted by atomic mass is 9.97. The van der Waals surface area contributed by atoms with Gasteiger partial charge < -0.3 is 9.47 Å². The van der Waals surface area contributed by atoms with Crippen molar-refractivity contribution in [1.82, 2.24) is 24.6 Å². The van der Waals surface area contributed by atoms with Crippen LogP contribution in [0.5, 0.6) is 0 Å². The Labute approximate surface area is 148 Å². The number of thiazole rings is 1. The van der Waals surface area contributed by atoms with Crippen molar-refractivity contribution in [2.24, 2.45) is 0 Å². The summed E-state index contributed by atoms with van der Waals surface area (Å²) in [6, 6.07) is 0. The molecular weight excluding hydrogens is 318 g/mol. The number of rotatable bonds is 4. The fourth-order valence-corrected chi connectivity index (χ4v) is 4.72. The lowest BCUT2D eigenvalue weighted by molar-refractivity contribution is 0.203. The van der Waals surface area contributed by atoms with E-state index in [0.717, 1.165) is 32.5 Å². The molecular formula is C18H27N5S. The SMILES string of the molecule is Cc1nc(CCN2CCCC(c3nnc4n3CCCCC4)C2)cs1. The van der Waals surface area contributed by atoms with Gasteiger partial charge in [-0.2, -0.15) is 0 Å². The summed E-state index contributed by atoms with van der Waals surface area (Å²) < 4.78 is 2.44. The molecule has 1 fully saturated rings. The minimum atomic E-state index is 0.551. The van der Waals surface area contributed by atoms with Crippen molar-refractivity contribution < 1.29 is 0 Å². The molecule has 4 rings (SSSR count). The molecule has 2 aliphatic rings. The van der Waals surface area contributed by atoms with E-state index in [0.29, 0.717) is 5.92 Å². The Morgan fingerprint density at radius 3 is 3.00 bits per heavy atom. The Balaban J connectivity index is 1.40. The zero-order valence-corrected chi connectivity index (χ0v) is 15.4. The molecule has 1 atom stereocenters. The molecule has 4 heterocycles. The van der Waals surface area contributed by atoms with Crippen LogP contribution in [0.15, 0.2) is 5.38 Å². The standard InChI is InChI=1S/C18H27N5S/c1-14-19-16(13-24-14)8-11-22-9-5-6-15(12-22)18-21-20-17-7-3-2-4-10-23(17)18/h13,15H,2-12H2,1H3. The Morgan fingerprint density at radius 1 is 1.17 bits per heavy atom. The summed E-state index contributed by atoms with van der Waals surface area (Å²) in [6.07, 6.45) is 8.56. The van der Waals surface area contributed by atoms with Gasteiger partial charge >= 0.3 is 0 Å². The van der Waals surface area contributed by atoms with Gasteiger partial charge in [0.25, 0.3) is 0 Å². The quantitative estimate of drug-likeness (QED) is 0.854. The highest BCUT2D eigenvalue weighted by Crippen LogP contribution is 2.28. The van der Waals surface area contributed by atoms with Crippen molar-refractivity contribution >= 4 is 11.3 Å². The van der Waals surface area contributed by atoms with Gasteiger partial charge in [0, 0.05) is 43.8 Å². The third-order valence-corrected chi connectivity index (χ3v) is 6.18. The fourth-order valence-electron chi connectivity index (χ4n) is 4.07. The second-order valence-corrected chi connectivity index (χ2v) is 8.25. The molecule has 2 aromatic heterocycles. The van der Waals surface area contributed by atoms with Crippen molar-refractivity contribution in [3.63, 3.8) is 0 Å². The average Bonchev–Trinajstić information content (AvgIpc) is 3.13. The van der Waals surface area contributed by atoms with E-state index in [-0.39, 0.29) is 0 Å². The Hall–Kier alpha value is -1.27. The van der Waals surface area contributed by atoms with Crippen LogP contribution in [0, 0.1) is 6.92 Å². The van der Waals surface area contributed by atoms with Gasteiger partial charge in [0.1, 0.15) is 11.6 Å². The van der Waals surface area contributed by atoms with E-state index in [1.165, 1.54) is 61.0 Å². The predicted octanol–water partition coefficient (Wildman–Crippen LogP) is 3.19. The number of likely N-dealkylation sites (tertiary alicyclic amines) is 1. The van der Waals surface area contributed by atoms with E-state index >= 15 is 0 Å². The molecule has 6 heteroatoms. The Morgan fingerprint density at radius 2 is 2.12 bits per heavy atom. The number of hydrogen-bond donors (Lipinski definition) is 0. The van der Waals surface area contributed by atoms with Crippen molar-refractivity contribution in [1.29, 1.82) is 0 Å². The van der Waals surface area contributed by atoms with Crippen LogP contribution >= 0.6 is 11.3 Å². The molecule has 0 radical (unpaired) electrons. The molecule has 0 aromatic carbocycles. The minimum Gasteiger partial charge on any atom is -0.315 e. The van der Waals surface area contributed by atoms with Gasteiger partial charge in [-0.1, -0.05) is 6.42 Å². The summed E-state index contributed by atoms with van der Waals surface area (Å²) in [5.74, 6) is 3.02. The highest BCUT2D eigenvalue weighted by atomic mass is 32.1. The van der Waals surface area contributed by atoms with Crippen LogP contribution in [0.25, 0.3) is 0 Å². The van der Waals surface area contributed by atoms with Gasteiger partial charge in [-0.3, -0.25) is 0 Å². The van der Waals surface area contributed by atoms with Crippen LogP contribution in [-0.4, -0.2) is 44.3 Å². The first-order chi connectivity index (χ1) is 11.8. The molecule has 0 aliphatic carbocycles. The third kappa shape index (κ3) is 3.54. The number of fused-ring (bicyclic) bond motifs is 1. The molecule has 2 aliphatic heterocycles. The van der Waals surface area contributed by atoms with Crippen molar-refractivity contribution in [3.8, 4) is 0 Å². The predicted molar refractivity (Wildman–Crippen MR) is 96.5 cm³/mol. The van der Waals surface area contributed by atoms with E-state index in [1.54, 1.807) is 11.3 Å². The van der Waals surface area contributed by atoms with Gasteiger partial charge in [0.2, 0.25) is 0 Å². The highest BCUT2D eigenvalue weighted by molar-refractivity contribution is 7.09. The van der Waals surface area contributed by atoms with E-state index in [1.807, 2.05) is 0 Å². The van der Waals surface area contributed by atoms with E-state index in [4.69, 9.17) is 0 Å². The largest absolute Gasteiger partial charge is 0.315 e. The molecule has 0 saturated carbocycles. The topological polar surface area (TPSA) is 46.8 Å². The summed E-state index contributed by atoms with van der Waals surface area (Å²) in [4.78, 5) is 7.20. The zero-order chi connectivity index (χ0) is 16.4. The third-order valence-electron chi connectivity index (χ3n) is 5.36. The molecule has 0 spiro atoms. The first-order valence-corrected chi connectivity index (χ1v) is 10.2. The van der Waals surface area contributed by atoms with Crippen LogP contribution in [-0.2, 0) is 19.4 Å². The van der Waals surface area contributed by atoms with Crippen molar-refractivity contribution in [3.05, 3.63) is 27.7 Å². The maximum absolute atomic E-state index is 4.60. The summed E-state index contributed by atoms with van der Waals surface area (Å²) in [7, 11) is 0. The molecule has 1 unspecified atom stereocenters. The van der Waals surface area contributed by atoms with E-state index < -0.39 is 0 Å². The molecule has 0 N–H and O–H groups in total. The smallest absolute Gasteiger partial charge is 0.137 e. The van der Waals surface area contributed by atoms with Crippen LogP contribution in [0.1, 0.15) is 60.4 Å². The summed E-state index contributed by atoms with van der Waals surface area (Å²) in [6.45, 7) is 6.65. The first kappa shape index (κ1) is 16.2. The maximum atomic E-state index is 4.60. The molecule has 0 amide bonds. The van der Waals surface area contributed by atoms with Crippen molar-refractivity contribution in [2.75, 3.05) is 19.6 Å². The number of aromatic nitrogens is 4. The zero-order valence-electron chi connectivity index (χ0n) is 14.6. The lowest BCUT2D eigenvalue weighted by Gasteiger charge is -2.32. The normalized spacial score (nSPS) is 22.3. The molecule has 0 bridgehead atoms. The second-order valence-electron chi connectivity index (χ2n) is 7.18. The number of aryl methyl sites for hydroxylation is 2. The molecule has 2 aromatic rings. The lowest BCUT2D eigenvalue weighted by Crippen LogP contribution is -2.36. The second kappa shape index (κ2) is 7.31. The first-order valence-electron chi connectivity index (χ1n) is 9.35. The Bertz CT molecular complexity index is 677. The highest BCUT2D eigenvalue weighted by Gasteiger charge is 2.27.